The Morgan fingerprint density at radius 3 is 2.55 bits per heavy atom. The zero-order valence-electron chi connectivity index (χ0n) is 12.3. The fraction of sp³-hybridized carbons (Fsp3) is 0.353. The monoisotopic (exact) mass is 302 g/mol. The maximum Gasteiger partial charge on any atom is 0.253 e. The van der Waals surface area contributed by atoms with Crippen LogP contribution in [0.15, 0.2) is 48.8 Å². The van der Waals surface area contributed by atoms with Gasteiger partial charge in [0.15, 0.2) is 5.67 Å². The summed E-state index contributed by atoms with van der Waals surface area (Å²) in [6.07, 6.45) is 4.74. The van der Waals surface area contributed by atoms with Crippen LogP contribution in [0, 0.1) is 0 Å². The van der Waals surface area contributed by atoms with E-state index in [1.165, 1.54) is 4.90 Å². The second-order valence-electron chi connectivity index (χ2n) is 5.78. The minimum Gasteiger partial charge on any atom is -0.393 e. The van der Waals surface area contributed by atoms with Gasteiger partial charge in [0.25, 0.3) is 5.91 Å². The quantitative estimate of drug-likeness (QED) is 0.946. The lowest BCUT2D eigenvalue weighted by molar-refractivity contribution is 0.00174. The average molecular weight is 302 g/mol. The number of nitrogens with zero attached hydrogens (tertiary/aromatic N) is 2. The molecule has 0 saturated carbocycles. The van der Waals surface area contributed by atoms with Crippen LogP contribution in [0.2, 0.25) is 0 Å². The van der Waals surface area contributed by atoms with Crippen LogP contribution in [0.25, 0.3) is 5.69 Å². The molecule has 0 spiro atoms. The molecular formula is C17H19FN2O2. The van der Waals surface area contributed by atoms with Crippen LogP contribution >= 0.6 is 0 Å². The number of amides is 1. The van der Waals surface area contributed by atoms with Crippen molar-refractivity contribution in [2.45, 2.75) is 18.5 Å². The normalized spacial score (nSPS) is 21.8. The molecule has 1 aliphatic rings. The molecule has 116 valence electrons. The predicted octanol–water partition coefficient (Wildman–Crippen LogP) is 2.41. The minimum absolute atomic E-state index is 0.0400. The molecule has 22 heavy (non-hydrogen) atoms. The summed E-state index contributed by atoms with van der Waals surface area (Å²) in [5, 5.41) is 9.15. The van der Waals surface area contributed by atoms with Crippen molar-refractivity contribution in [2.75, 3.05) is 19.7 Å². The van der Waals surface area contributed by atoms with Gasteiger partial charge in [-0.05, 0) is 49.2 Å². The molecule has 1 saturated heterocycles. The van der Waals surface area contributed by atoms with Gasteiger partial charge in [-0.3, -0.25) is 4.79 Å². The largest absolute Gasteiger partial charge is 0.393 e. The Hall–Kier alpha value is -2.14. The SMILES string of the molecule is O=C(c1ccc(-n2cccc2)cc1)N1CCCC(F)(CO)C1. The topological polar surface area (TPSA) is 45.5 Å². The third kappa shape index (κ3) is 2.90. The van der Waals surface area contributed by atoms with E-state index in [4.69, 9.17) is 5.11 Å². The molecule has 5 heteroatoms. The first-order chi connectivity index (χ1) is 10.6. The van der Waals surface area contributed by atoms with Gasteiger partial charge >= 0.3 is 0 Å². The molecular weight excluding hydrogens is 283 g/mol. The Kier molecular flexibility index (Phi) is 3.98. The highest BCUT2D eigenvalue weighted by Crippen LogP contribution is 2.26. The van der Waals surface area contributed by atoms with Crippen molar-refractivity contribution in [3.05, 3.63) is 54.4 Å². The summed E-state index contributed by atoms with van der Waals surface area (Å²) in [5.74, 6) is -0.186. The summed E-state index contributed by atoms with van der Waals surface area (Å²) in [6, 6.07) is 11.1. The zero-order valence-corrected chi connectivity index (χ0v) is 12.3. The molecule has 1 atom stereocenters. The standard InChI is InChI=1S/C17H19FN2O2/c18-17(13-21)8-3-11-20(12-17)16(22)14-4-6-15(7-5-14)19-9-1-2-10-19/h1-2,4-7,9-10,21H,3,8,11-13H2. The van der Waals surface area contributed by atoms with Crippen molar-refractivity contribution < 1.29 is 14.3 Å². The fourth-order valence-electron chi connectivity index (χ4n) is 2.85. The van der Waals surface area contributed by atoms with Gasteiger partial charge in [-0.1, -0.05) is 0 Å². The van der Waals surface area contributed by atoms with Crippen molar-refractivity contribution >= 4 is 5.91 Å². The van der Waals surface area contributed by atoms with E-state index < -0.39 is 12.3 Å². The lowest BCUT2D eigenvalue weighted by atomic mass is 9.95. The Morgan fingerprint density at radius 2 is 1.91 bits per heavy atom. The van der Waals surface area contributed by atoms with Crippen molar-refractivity contribution in [2.24, 2.45) is 0 Å². The summed E-state index contributed by atoms with van der Waals surface area (Å²) < 4.78 is 16.2. The third-order valence-corrected chi connectivity index (χ3v) is 4.11. The lowest BCUT2D eigenvalue weighted by Crippen LogP contribution is -2.49. The van der Waals surface area contributed by atoms with E-state index in [9.17, 15) is 9.18 Å². The fourth-order valence-corrected chi connectivity index (χ4v) is 2.85. The summed E-state index contributed by atoms with van der Waals surface area (Å²) in [4.78, 5) is 14.0. The molecule has 1 aromatic heterocycles. The number of carbonyl (C=O) groups excluding carboxylic acids is 1. The second kappa shape index (κ2) is 5.93. The number of benzene rings is 1. The number of aliphatic hydroxyl groups is 1. The highest BCUT2D eigenvalue weighted by molar-refractivity contribution is 5.94. The van der Waals surface area contributed by atoms with Gasteiger partial charge in [-0.15, -0.1) is 0 Å². The van der Waals surface area contributed by atoms with Gasteiger partial charge < -0.3 is 14.6 Å². The van der Waals surface area contributed by atoms with Gasteiger partial charge in [0, 0.05) is 30.2 Å². The number of likely N-dealkylation sites (tertiary alicyclic amines) is 1. The van der Waals surface area contributed by atoms with Crippen molar-refractivity contribution in [3.8, 4) is 5.69 Å². The van der Waals surface area contributed by atoms with Crippen LogP contribution in [0.1, 0.15) is 23.2 Å². The number of rotatable bonds is 3. The Bertz CT molecular complexity index is 639. The van der Waals surface area contributed by atoms with Crippen molar-refractivity contribution in [1.82, 2.24) is 9.47 Å². The predicted molar refractivity (Wildman–Crippen MR) is 81.8 cm³/mol. The first kappa shape index (κ1) is 14.8. The van der Waals surface area contributed by atoms with Gasteiger partial charge in [0.05, 0.1) is 13.2 Å². The Labute approximate surface area is 128 Å². The van der Waals surface area contributed by atoms with Crippen LogP contribution in [0.4, 0.5) is 4.39 Å². The van der Waals surface area contributed by atoms with E-state index in [-0.39, 0.29) is 12.5 Å². The molecule has 1 aliphatic heterocycles. The highest BCUT2D eigenvalue weighted by Gasteiger charge is 2.36. The molecule has 1 amide bonds. The Morgan fingerprint density at radius 1 is 1.23 bits per heavy atom. The lowest BCUT2D eigenvalue weighted by Gasteiger charge is -2.36. The van der Waals surface area contributed by atoms with Crippen LogP contribution in [0.3, 0.4) is 0 Å². The van der Waals surface area contributed by atoms with E-state index in [1.54, 1.807) is 12.1 Å². The van der Waals surface area contributed by atoms with Crippen molar-refractivity contribution in [3.63, 3.8) is 0 Å². The number of hydrogen-bond donors (Lipinski definition) is 1. The van der Waals surface area contributed by atoms with Crippen molar-refractivity contribution in [1.29, 1.82) is 0 Å². The number of aliphatic hydroxyl groups excluding tert-OH is 1. The molecule has 1 fully saturated rings. The first-order valence-corrected chi connectivity index (χ1v) is 7.44. The van der Waals surface area contributed by atoms with E-state index in [1.807, 2.05) is 41.2 Å². The van der Waals surface area contributed by atoms with E-state index in [0.717, 1.165) is 5.69 Å². The molecule has 3 rings (SSSR count). The van der Waals surface area contributed by atoms with Gasteiger partial charge in [0.2, 0.25) is 0 Å². The van der Waals surface area contributed by atoms with Gasteiger partial charge in [0.1, 0.15) is 0 Å². The molecule has 2 aromatic rings. The third-order valence-electron chi connectivity index (χ3n) is 4.11. The van der Waals surface area contributed by atoms with E-state index >= 15 is 0 Å². The average Bonchev–Trinajstić information content (AvgIpc) is 3.09. The molecule has 2 heterocycles. The van der Waals surface area contributed by atoms with E-state index in [2.05, 4.69) is 0 Å². The van der Waals surface area contributed by atoms with Gasteiger partial charge in [-0.2, -0.15) is 0 Å². The maximum atomic E-state index is 14.2. The minimum atomic E-state index is -1.67. The number of halogens is 1. The van der Waals surface area contributed by atoms with Crippen LogP contribution < -0.4 is 0 Å². The molecule has 1 unspecified atom stereocenters. The van der Waals surface area contributed by atoms with Crippen LogP contribution in [-0.2, 0) is 0 Å². The smallest absolute Gasteiger partial charge is 0.253 e. The number of alkyl halides is 1. The first-order valence-electron chi connectivity index (χ1n) is 7.44. The number of carbonyl (C=O) groups is 1. The molecule has 0 aliphatic carbocycles. The molecule has 4 nitrogen and oxygen atoms in total. The number of hydrogen-bond acceptors (Lipinski definition) is 2. The van der Waals surface area contributed by atoms with E-state index in [0.29, 0.717) is 24.9 Å². The maximum absolute atomic E-state index is 14.2. The molecule has 1 aromatic carbocycles. The van der Waals surface area contributed by atoms with Gasteiger partial charge in [-0.25, -0.2) is 4.39 Å². The van der Waals surface area contributed by atoms with Crippen LogP contribution in [0.5, 0.6) is 0 Å². The summed E-state index contributed by atoms with van der Waals surface area (Å²) in [7, 11) is 0. The molecule has 0 bridgehead atoms. The molecule has 1 N–H and O–H groups in total. The number of aromatic nitrogens is 1. The molecule has 0 radical (unpaired) electrons. The number of piperidine rings is 1. The summed E-state index contributed by atoms with van der Waals surface area (Å²) in [6.45, 7) is -0.0467. The van der Waals surface area contributed by atoms with Crippen LogP contribution in [-0.4, -0.2) is 45.8 Å². The summed E-state index contributed by atoms with van der Waals surface area (Å²) in [5.41, 5.74) is -0.160. The zero-order chi connectivity index (χ0) is 15.6. The second-order valence-corrected chi connectivity index (χ2v) is 5.78. The Balaban J connectivity index is 1.75. The highest BCUT2D eigenvalue weighted by atomic mass is 19.1. The summed E-state index contributed by atoms with van der Waals surface area (Å²) >= 11 is 0.